The van der Waals surface area contributed by atoms with E-state index in [-0.39, 0.29) is 5.95 Å². The standard InChI is InChI=1S/C9H16N4OS/c1-6(5-15-3)11-7-4-8(14-2)13-9(10)12-7/h4,6H,5H2,1-3H3,(H3,10,11,12,13). The molecule has 0 radical (unpaired) electrons. The molecule has 0 fully saturated rings. The Morgan fingerprint density at radius 2 is 2.33 bits per heavy atom. The van der Waals surface area contributed by atoms with Crippen molar-refractivity contribution in [3.63, 3.8) is 0 Å². The van der Waals surface area contributed by atoms with Gasteiger partial charge in [-0.05, 0) is 13.2 Å². The molecule has 0 aliphatic rings. The van der Waals surface area contributed by atoms with Crippen molar-refractivity contribution in [3.8, 4) is 5.88 Å². The number of ether oxygens (including phenoxy) is 1. The molecule has 0 aromatic carbocycles. The van der Waals surface area contributed by atoms with Crippen LogP contribution in [0.5, 0.6) is 5.88 Å². The maximum absolute atomic E-state index is 5.54. The molecular formula is C9H16N4OS. The van der Waals surface area contributed by atoms with Gasteiger partial charge < -0.3 is 15.8 Å². The van der Waals surface area contributed by atoms with Crippen LogP contribution in [0.25, 0.3) is 0 Å². The third-order valence-electron chi connectivity index (χ3n) is 1.74. The van der Waals surface area contributed by atoms with Crippen LogP contribution in [0.3, 0.4) is 0 Å². The number of methoxy groups -OCH3 is 1. The predicted octanol–water partition coefficient (Wildman–Crippen LogP) is 1.23. The second-order valence-corrected chi connectivity index (χ2v) is 4.07. The fourth-order valence-electron chi connectivity index (χ4n) is 1.17. The maximum Gasteiger partial charge on any atom is 0.225 e. The SMILES string of the molecule is COc1cc(NC(C)CSC)nc(N)n1. The number of nitrogens with two attached hydrogens (primary N) is 1. The average Bonchev–Trinajstić information content (AvgIpc) is 2.17. The van der Waals surface area contributed by atoms with Crippen LogP contribution in [0.1, 0.15) is 6.92 Å². The van der Waals surface area contributed by atoms with E-state index in [1.54, 1.807) is 24.9 Å². The average molecular weight is 228 g/mol. The lowest BCUT2D eigenvalue weighted by Crippen LogP contribution is -2.19. The highest BCUT2D eigenvalue weighted by atomic mass is 32.2. The molecule has 0 amide bonds. The van der Waals surface area contributed by atoms with Crippen molar-refractivity contribution >= 4 is 23.5 Å². The predicted molar refractivity (Wildman–Crippen MR) is 64.5 cm³/mol. The van der Waals surface area contributed by atoms with Gasteiger partial charge >= 0.3 is 0 Å². The van der Waals surface area contributed by atoms with Gasteiger partial charge in [0.2, 0.25) is 11.8 Å². The van der Waals surface area contributed by atoms with Gasteiger partial charge in [-0.15, -0.1) is 0 Å². The summed E-state index contributed by atoms with van der Waals surface area (Å²) < 4.78 is 5.00. The molecule has 1 aromatic heterocycles. The summed E-state index contributed by atoms with van der Waals surface area (Å²) in [5, 5.41) is 3.23. The van der Waals surface area contributed by atoms with Gasteiger partial charge in [-0.25, -0.2) is 0 Å². The zero-order valence-electron chi connectivity index (χ0n) is 9.15. The number of rotatable bonds is 5. The van der Waals surface area contributed by atoms with Crippen molar-refractivity contribution in [1.29, 1.82) is 0 Å². The Hall–Kier alpha value is -1.17. The molecule has 6 heteroatoms. The lowest BCUT2D eigenvalue weighted by atomic mass is 10.4. The van der Waals surface area contributed by atoms with Crippen LogP contribution >= 0.6 is 11.8 Å². The smallest absolute Gasteiger partial charge is 0.225 e. The Balaban J connectivity index is 2.71. The van der Waals surface area contributed by atoms with E-state index in [4.69, 9.17) is 10.5 Å². The maximum atomic E-state index is 5.54. The quantitative estimate of drug-likeness (QED) is 0.789. The van der Waals surface area contributed by atoms with Crippen molar-refractivity contribution < 1.29 is 4.74 Å². The Bertz CT molecular complexity index is 321. The summed E-state index contributed by atoms with van der Waals surface area (Å²) in [7, 11) is 1.55. The van der Waals surface area contributed by atoms with Gasteiger partial charge in [0.05, 0.1) is 7.11 Å². The molecule has 1 heterocycles. The van der Waals surface area contributed by atoms with E-state index < -0.39 is 0 Å². The number of thioether (sulfide) groups is 1. The van der Waals surface area contributed by atoms with E-state index in [1.807, 2.05) is 0 Å². The zero-order valence-corrected chi connectivity index (χ0v) is 9.97. The second-order valence-electron chi connectivity index (χ2n) is 3.15. The second kappa shape index (κ2) is 5.65. The fourth-order valence-corrected chi connectivity index (χ4v) is 1.75. The minimum atomic E-state index is 0.216. The number of hydrogen-bond donors (Lipinski definition) is 2. The molecule has 0 aliphatic heterocycles. The van der Waals surface area contributed by atoms with Crippen LogP contribution in [-0.4, -0.2) is 35.1 Å². The van der Waals surface area contributed by atoms with Crippen LogP contribution in [0.4, 0.5) is 11.8 Å². The van der Waals surface area contributed by atoms with Crippen molar-refractivity contribution in [1.82, 2.24) is 9.97 Å². The molecule has 15 heavy (non-hydrogen) atoms. The van der Waals surface area contributed by atoms with Gasteiger partial charge in [-0.1, -0.05) is 0 Å². The Morgan fingerprint density at radius 1 is 1.60 bits per heavy atom. The third-order valence-corrected chi connectivity index (χ3v) is 2.57. The lowest BCUT2D eigenvalue weighted by molar-refractivity contribution is 0.398. The van der Waals surface area contributed by atoms with Crippen LogP contribution in [0.15, 0.2) is 6.07 Å². The molecule has 1 atom stereocenters. The van der Waals surface area contributed by atoms with E-state index in [9.17, 15) is 0 Å². The molecule has 84 valence electrons. The van der Waals surface area contributed by atoms with Gasteiger partial charge in [0.1, 0.15) is 5.82 Å². The van der Waals surface area contributed by atoms with Gasteiger partial charge in [-0.3, -0.25) is 0 Å². The number of nitrogens with zero attached hydrogens (tertiary/aromatic N) is 2. The summed E-state index contributed by atoms with van der Waals surface area (Å²) in [6.07, 6.45) is 2.06. The topological polar surface area (TPSA) is 73.1 Å². The van der Waals surface area contributed by atoms with E-state index in [0.717, 1.165) is 5.75 Å². The monoisotopic (exact) mass is 228 g/mol. The number of anilines is 2. The summed E-state index contributed by atoms with van der Waals surface area (Å²) in [4.78, 5) is 7.98. The minimum Gasteiger partial charge on any atom is -0.481 e. The van der Waals surface area contributed by atoms with Crippen LogP contribution in [0, 0.1) is 0 Å². The summed E-state index contributed by atoms with van der Waals surface area (Å²) in [6, 6.07) is 2.06. The Kier molecular flexibility index (Phi) is 4.48. The van der Waals surface area contributed by atoms with Crippen molar-refractivity contribution in [3.05, 3.63) is 6.07 Å². The summed E-state index contributed by atoms with van der Waals surface area (Å²) >= 11 is 1.77. The van der Waals surface area contributed by atoms with E-state index >= 15 is 0 Å². The first-order valence-corrected chi connectivity index (χ1v) is 5.99. The Morgan fingerprint density at radius 3 is 2.93 bits per heavy atom. The number of nitrogens with one attached hydrogen (secondary N) is 1. The Labute approximate surface area is 93.8 Å². The first kappa shape index (κ1) is 11.9. The van der Waals surface area contributed by atoms with Crippen LogP contribution < -0.4 is 15.8 Å². The summed E-state index contributed by atoms with van der Waals surface area (Å²) in [5.41, 5.74) is 5.54. The van der Waals surface area contributed by atoms with Crippen molar-refractivity contribution in [2.45, 2.75) is 13.0 Å². The molecule has 0 bridgehead atoms. The van der Waals surface area contributed by atoms with Crippen molar-refractivity contribution in [2.75, 3.05) is 30.2 Å². The third kappa shape index (κ3) is 3.83. The van der Waals surface area contributed by atoms with E-state index in [2.05, 4.69) is 28.5 Å². The first-order valence-electron chi connectivity index (χ1n) is 4.59. The van der Waals surface area contributed by atoms with Gasteiger partial charge in [0.15, 0.2) is 0 Å². The highest BCUT2D eigenvalue weighted by Crippen LogP contribution is 2.15. The molecule has 1 aromatic rings. The largest absolute Gasteiger partial charge is 0.481 e. The summed E-state index contributed by atoms with van der Waals surface area (Å²) in [5.74, 6) is 2.39. The van der Waals surface area contributed by atoms with Gasteiger partial charge in [-0.2, -0.15) is 21.7 Å². The van der Waals surface area contributed by atoms with E-state index in [0.29, 0.717) is 17.7 Å². The van der Waals surface area contributed by atoms with E-state index in [1.165, 1.54) is 0 Å². The number of aromatic nitrogens is 2. The highest BCUT2D eigenvalue weighted by molar-refractivity contribution is 7.98. The molecule has 0 aliphatic carbocycles. The van der Waals surface area contributed by atoms with Crippen LogP contribution in [-0.2, 0) is 0 Å². The minimum absolute atomic E-state index is 0.216. The zero-order chi connectivity index (χ0) is 11.3. The fraction of sp³-hybridized carbons (Fsp3) is 0.556. The van der Waals surface area contributed by atoms with Crippen molar-refractivity contribution in [2.24, 2.45) is 0 Å². The first-order chi connectivity index (χ1) is 7.15. The number of nitrogen functional groups attached to an aromatic ring is 1. The normalized spacial score (nSPS) is 12.2. The molecule has 0 saturated heterocycles. The summed E-state index contributed by atoms with van der Waals surface area (Å²) in [6.45, 7) is 2.08. The molecular weight excluding hydrogens is 212 g/mol. The number of hydrogen-bond acceptors (Lipinski definition) is 6. The van der Waals surface area contributed by atoms with Gasteiger partial charge in [0.25, 0.3) is 0 Å². The molecule has 1 unspecified atom stereocenters. The molecule has 0 saturated carbocycles. The molecule has 5 nitrogen and oxygen atoms in total. The lowest BCUT2D eigenvalue weighted by Gasteiger charge is -2.13. The highest BCUT2D eigenvalue weighted by Gasteiger charge is 2.05. The van der Waals surface area contributed by atoms with Crippen LogP contribution in [0.2, 0.25) is 0 Å². The van der Waals surface area contributed by atoms with Gasteiger partial charge in [0, 0.05) is 17.9 Å². The molecule has 3 N–H and O–H groups in total. The molecule has 0 spiro atoms. The molecule has 1 rings (SSSR count).